The molecule has 2 amide bonds. The summed E-state index contributed by atoms with van der Waals surface area (Å²) >= 11 is 0. The monoisotopic (exact) mass is 306 g/mol. The molecule has 1 heterocycles. The van der Waals surface area contributed by atoms with Crippen LogP contribution >= 0.6 is 0 Å². The van der Waals surface area contributed by atoms with E-state index < -0.39 is 0 Å². The van der Waals surface area contributed by atoms with Crippen LogP contribution < -0.4 is 15.2 Å². The van der Waals surface area contributed by atoms with Crippen LogP contribution in [0.5, 0.6) is 11.5 Å². The van der Waals surface area contributed by atoms with E-state index in [0.717, 1.165) is 18.6 Å². The number of nitrogens with zero attached hydrogens (tertiary/aromatic N) is 1. The van der Waals surface area contributed by atoms with E-state index in [4.69, 9.17) is 15.2 Å². The smallest absolute Gasteiger partial charge is 0.260 e. The summed E-state index contributed by atoms with van der Waals surface area (Å²) < 4.78 is 10.8. The van der Waals surface area contributed by atoms with Crippen LogP contribution in [-0.4, -0.2) is 43.0 Å². The average Bonchev–Trinajstić information content (AvgIpc) is 2.54. The van der Waals surface area contributed by atoms with Gasteiger partial charge in [-0.2, -0.15) is 0 Å². The second-order valence-corrected chi connectivity index (χ2v) is 5.27. The Hall–Kier alpha value is -2.24. The zero-order valence-electron chi connectivity index (χ0n) is 12.8. The molecule has 1 aromatic rings. The van der Waals surface area contributed by atoms with Crippen molar-refractivity contribution in [2.75, 3.05) is 26.3 Å². The van der Waals surface area contributed by atoms with E-state index in [1.807, 2.05) is 6.92 Å². The summed E-state index contributed by atoms with van der Waals surface area (Å²) in [6.45, 7) is 3.52. The number of primary amides is 1. The fourth-order valence-electron chi connectivity index (χ4n) is 2.47. The number of rotatable bonds is 6. The van der Waals surface area contributed by atoms with Crippen molar-refractivity contribution in [3.05, 3.63) is 24.3 Å². The molecule has 1 aromatic carbocycles. The van der Waals surface area contributed by atoms with Crippen LogP contribution in [0.25, 0.3) is 0 Å². The van der Waals surface area contributed by atoms with E-state index in [0.29, 0.717) is 25.4 Å². The lowest BCUT2D eigenvalue weighted by atomic mass is 9.97. The van der Waals surface area contributed by atoms with Crippen molar-refractivity contribution in [3.8, 4) is 11.5 Å². The molecule has 0 saturated carbocycles. The van der Waals surface area contributed by atoms with Gasteiger partial charge in [0.25, 0.3) is 5.91 Å². The molecule has 0 radical (unpaired) electrons. The minimum Gasteiger partial charge on any atom is -0.494 e. The van der Waals surface area contributed by atoms with Crippen molar-refractivity contribution in [1.82, 2.24) is 4.90 Å². The highest BCUT2D eigenvalue weighted by Gasteiger charge is 2.26. The Kier molecular flexibility index (Phi) is 5.63. The third-order valence-corrected chi connectivity index (χ3v) is 3.67. The van der Waals surface area contributed by atoms with Crippen molar-refractivity contribution in [1.29, 1.82) is 0 Å². The third kappa shape index (κ3) is 4.38. The Labute approximate surface area is 130 Å². The minimum absolute atomic E-state index is 0.0422. The second-order valence-electron chi connectivity index (χ2n) is 5.27. The van der Waals surface area contributed by atoms with Gasteiger partial charge in [-0.15, -0.1) is 0 Å². The van der Waals surface area contributed by atoms with E-state index in [2.05, 4.69) is 0 Å². The van der Waals surface area contributed by atoms with Crippen LogP contribution in [0, 0.1) is 5.92 Å². The highest BCUT2D eigenvalue weighted by Crippen LogP contribution is 2.19. The van der Waals surface area contributed by atoms with Gasteiger partial charge in [0.15, 0.2) is 6.61 Å². The van der Waals surface area contributed by atoms with Crippen LogP contribution in [0.3, 0.4) is 0 Å². The molecule has 6 nitrogen and oxygen atoms in total. The summed E-state index contributed by atoms with van der Waals surface area (Å²) in [4.78, 5) is 25.0. The number of carbonyl (C=O) groups excluding carboxylic acids is 2. The van der Waals surface area contributed by atoms with Gasteiger partial charge in [-0.05, 0) is 44.0 Å². The number of nitrogens with two attached hydrogens (primary N) is 1. The molecule has 2 N–H and O–H groups in total. The van der Waals surface area contributed by atoms with Crippen LogP contribution in [0.15, 0.2) is 24.3 Å². The zero-order chi connectivity index (χ0) is 15.9. The fourth-order valence-corrected chi connectivity index (χ4v) is 2.47. The summed E-state index contributed by atoms with van der Waals surface area (Å²) in [5.74, 6) is 0.662. The average molecular weight is 306 g/mol. The van der Waals surface area contributed by atoms with Crippen LogP contribution in [0.1, 0.15) is 19.8 Å². The Balaban J connectivity index is 1.83. The molecule has 22 heavy (non-hydrogen) atoms. The number of hydrogen-bond acceptors (Lipinski definition) is 4. The summed E-state index contributed by atoms with van der Waals surface area (Å²) in [7, 11) is 0. The van der Waals surface area contributed by atoms with E-state index in [1.54, 1.807) is 29.2 Å². The van der Waals surface area contributed by atoms with Crippen LogP contribution in [0.4, 0.5) is 0 Å². The first kappa shape index (κ1) is 16.1. The molecule has 120 valence electrons. The van der Waals surface area contributed by atoms with Gasteiger partial charge in [-0.1, -0.05) is 0 Å². The highest BCUT2D eigenvalue weighted by atomic mass is 16.5. The molecule has 1 aliphatic rings. The zero-order valence-corrected chi connectivity index (χ0v) is 12.8. The van der Waals surface area contributed by atoms with Gasteiger partial charge in [-0.25, -0.2) is 0 Å². The van der Waals surface area contributed by atoms with Gasteiger partial charge in [0.1, 0.15) is 11.5 Å². The molecule has 2 rings (SSSR count). The normalized spacial score (nSPS) is 17.9. The maximum atomic E-state index is 12.1. The Morgan fingerprint density at radius 3 is 2.45 bits per heavy atom. The molecular formula is C16H22N2O4. The fraction of sp³-hybridized carbons (Fsp3) is 0.500. The van der Waals surface area contributed by atoms with E-state index in [9.17, 15) is 9.59 Å². The van der Waals surface area contributed by atoms with Gasteiger partial charge < -0.3 is 20.1 Å². The van der Waals surface area contributed by atoms with Gasteiger partial charge >= 0.3 is 0 Å². The Morgan fingerprint density at radius 2 is 1.86 bits per heavy atom. The number of carbonyl (C=O) groups is 2. The number of amides is 2. The van der Waals surface area contributed by atoms with Crippen molar-refractivity contribution in [3.63, 3.8) is 0 Å². The molecule has 1 fully saturated rings. The number of likely N-dealkylation sites (tertiary alicyclic amines) is 1. The molecule has 0 spiro atoms. The quantitative estimate of drug-likeness (QED) is 0.856. The SMILES string of the molecule is CCOc1ccc(OCC(=O)N2CCC[C@H](C(N)=O)C2)cc1. The Morgan fingerprint density at radius 1 is 1.23 bits per heavy atom. The molecule has 0 unspecified atom stereocenters. The highest BCUT2D eigenvalue weighted by molar-refractivity contribution is 5.81. The van der Waals surface area contributed by atoms with Crippen molar-refractivity contribution in [2.45, 2.75) is 19.8 Å². The Bertz CT molecular complexity index is 515. The van der Waals surface area contributed by atoms with E-state index >= 15 is 0 Å². The van der Waals surface area contributed by atoms with Gasteiger partial charge in [0.2, 0.25) is 5.91 Å². The lowest BCUT2D eigenvalue weighted by Gasteiger charge is -2.31. The van der Waals surface area contributed by atoms with E-state index in [1.165, 1.54) is 0 Å². The lowest BCUT2D eigenvalue weighted by molar-refractivity contribution is -0.136. The first-order valence-electron chi connectivity index (χ1n) is 7.53. The van der Waals surface area contributed by atoms with Gasteiger partial charge in [0, 0.05) is 13.1 Å². The molecule has 0 aliphatic carbocycles. The van der Waals surface area contributed by atoms with Crippen molar-refractivity contribution >= 4 is 11.8 Å². The minimum atomic E-state index is -0.343. The number of benzene rings is 1. The lowest BCUT2D eigenvalue weighted by Crippen LogP contribution is -2.45. The molecule has 6 heteroatoms. The molecule has 0 aromatic heterocycles. The standard InChI is InChI=1S/C16H22N2O4/c1-2-21-13-5-7-14(8-6-13)22-11-15(19)18-9-3-4-12(10-18)16(17)20/h5-8,12H,2-4,9-11H2,1H3,(H2,17,20)/t12-/m0/s1. The molecule has 1 saturated heterocycles. The number of hydrogen-bond donors (Lipinski definition) is 1. The summed E-state index contributed by atoms with van der Waals surface area (Å²) in [5.41, 5.74) is 5.31. The van der Waals surface area contributed by atoms with Gasteiger partial charge in [-0.3, -0.25) is 9.59 Å². The third-order valence-electron chi connectivity index (χ3n) is 3.67. The largest absolute Gasteiger partial charge is 0.494 e. The van der Waals surface area contributed by atoms with E-state index in [-0.39, 0.29) is 24.3 Å². The summed E-state index contributed by atoms with van der Waals surface area (Å²) in [6, 6.07) is 7.13. The molecule has 1 atom stereocenters. The predicted molar refractivity (Wildman–Crippen MR) is 81.6 cm³/mol. The first-order chi connectivity index (χ1) is 10.6. The van der Waals surface area contributed by atoms with Crippen molar-refractivity contribution in [2.24, 2.45) is 11.7 Å². The number of ether oxygens (including phenoxy) is 2. The molecular weight excluding hydrogens is 284 g/mol. The molecule has 0 bridgehead atoms. The molecule has 1 aliphatic heterocycles. The van der Waals surface area contributed by atoms with Crippen LogP contribution in [0.2, 0.25) is 0 Å². The summed E-state index contributed by atoms with van der Waals surface area (Å²) in [6.07, 6.45) is 1.54. The first-order valence-corrected chi connectivity index (χ1v) is 7.53. The maximum Gasteiger partial charge on any atom is 0.260 e. The predicted octanol–water partition coefficient (Wildman–Crippen LogP) is 1.19. The summed E-state index contributed by atoms with van der Waals surface area (Å²) in [5, 5.41) is 0. The van der Waals surface area contributed by atoms with Crippen LogP contribution in [-0.2, 0) is 9.59 Å². The van der Waals surface area contributed by atoms with Gasteiger partial charge in [0.05, 0.1) is 12.5 Å². The second kappa shape index (κ2) is 7.68. The number of piperidine rings is 1. The topological polar surface area (TPSA) is 81.9 Å². The maximum absolute atomic E-state index is 12.1. The van der Waals surface area contributed by atoms with Crippen molar-refractivity contribution < 1.29 is 19.1 Å².